The van der Waals surface area contributed by atoms with E-state index >= 15 is 0 Å². The van der Waals surface area contributed by atoms with E-state index in [-0.39, 0.29) is 16.8 Å². The molecule has 1 heterocycles. The Labute approximate surface area is 147 Å². The van der Waals surface area contributed by atoms with Crippen LogP contribution in [0.15, 0.2) is 18.2 Å². The van der Waals surface area contributed by atoms with Crippen molar-refractivity contribution in [1.82, 2.24) is 4.98 Å². The van der Waals surface area contributed by atoms with Crippen molar-refractivity contribution in [2.75, 3.05) is 12.4 Å². The molecule has 0 fully saturated rings. The fourth-order valence-corrected chi connectivity index (χ4v) is 3.70. The smallest absolute Gasteiger partial charge is 0.338 e. The number of carbonyl (C=O) groups is 2. The lowest BCUT2D eigenvalue weighted by molar-refractivity contribution is -0.384. The van der Waals surface area contributed by atoms with Gasteiger partial charge in [0.2, 0.25) is 0 Å². The lowest BCUT2D eigenvalue weighted by Gasteiger charge is -2.06. The van der Waals surface area contributed by atoms with Crippen molar-refractivity contribution in [2.45, 2.75) is 25.7 Å². The molecule has 2 aromatic rings. The summed E-state index contributed by atoms with van der Waals surface area (Å²) in [6.07, 6.45) is 4.03. The molecule has 0 saturated heterocycles. The van der Waals surface area contributed by atoms with Crippen molar-refractivity contribution >= 4 is 34.0 Å². The van der Waals surface area contributed by atoms with E-state index in [1.807, 2.05) is 0 Å². The molecule has 1 amide bonds. The highest BCUT2D eigenvalue weighted by Gasteiger charge is 2.20. The molecule has 0 bridgehead atoms. The van der Waals surface area contributed by atoms with Gasteiger partial charge in [0, 0.05) is 22.6 Å². The lowest BCUT2D eigenvalue weighted by Crippen LogP contribution is -2.14. The maximum atomic E-state index is 12.4. The highest BCUT2D eigenvalue weighted by atomic mass is 32.1. The van der Waals surface area contributed by atoms with Crippen LogP contribution in [0.25, 0.3) is 0 Å². The largest absolute Gasteiger partial charge is 0.465 e. The molecule has 1 N–H and O–H groups in total. The first kappa shape index (κ1) is 17.0. The van der Waals surface area contributed by atoms with Crippen molar-refractivity contribution in [3.8, 4) is 0 Å². The summed E-state index contributed by atoms with van der Waals surface area (Å²) in [6.45, 7) is 0. The van der Waals surface area contributed by atoms with Crippen LogP contribution in [0.5, 0.6) is 0 Å². The number of nitro benzene ring substituents is 1. The van der Waals surface area contributed by atoms with Crippen molar-refractivity contribution < 1.29 is 19.2 Å². The Morgan fingerprint density at radius 1 is 1.24 bits per heavy atom. The molecule has 0 unspecified atom stereocenters. The van der Waals surface area contributed by atoms with Gasteiger partial charge in [-0.25, -0.2) is 9.78 Å². The maximum absolute atomic E-state index is 12.4. The number of aromatic nitrogens is 1. The number of ether oxygens (including phenoxy) is 1. The Hall–Kier alpha value is -2.81. The minimum Gasteiger partial charge on any atom is -0.465 e. The van der Waals surface area contributed by atoms with Crippen LogP contribution >= 0.6 is 11.3 Å². The zero-order valence-electron chi connectivity index (χ0n) is 13.4. The SMILES string of the molecule is COC(=O)c1cc(C(=O)Nc2nc3c(s2)CCCC3)cc([N+](=O)[O-])c1. The van der Waals surface area contributed by atoms with E-state index in [9.17, 15) is 19.7 Å². The van der Waals surface area contributed by atoms with Gasteiger partial charge in [-0.05, 0) is 31.7 Å². The molecule has 0 radical (unpaired) electrons. The van der Waals surface area contributed by atoms with Gasteiger partial charge < -0.3 is 4.74 Å². The van der Waals surface area contributed by atoms with E-state index < -0.39 is 16.8 Å². The molecule has 1 aliphatic carbocycles. The van der Waals surface area contributed by atoms with Gasteiger partial charge in [-0.3, -0.25) is 20.2 Å². The summed E-state index contributed by atoms with van der Waals surface area (Å²) in [5.74, 6) is -1.30. The van der Waals surface area contributed by atoms with Gasteiger partial charge in [-0.2, -0.15) is 0 Å². The number of benzene rings is 1. The second kappa shape index (κ2) is 6.98. The quantitative estimate of drug-likeness (QED) is 0.509. The van der Waals surface area contributed by atoms with Gasteiger partial charge in [0.25, 0.3) is 11.6 Å². The maximum Gasteiger partial charge on any atom is 0.338 e. The number of nitrogens with zero attached hydrogens (tertiary/aromatic N) is 2. The summed E-state index contributed by atoms with van der Waals surface area (Å²) in [5, 5.41) is 14.2. The summed E-state index contributed by atoms with van der Waals surface area (Å²) >= 11 is 1.42. The fourth-order valence-electron chi connectivity index (χ4n) is 2.66. The first-order chi connectivity index (χ1) is 12.0. The third-order valence-electron chi connectivity index (χ3n) is 3.88. The van der Waals surface area contributed by atoms with E-state index in [1.165, 1.54) is 24.5 Å². The van der Waals surface area contributed by atoms with Crippen LogP contribution in [-0.4, -0.2) is 28.9 Å². The van der Waals surface area contributed by atoms with Gasteiger partial charge in [-0.15, -0.1) is 11.3 Å². The van der Waals surface area contributed by atoms with E-state index in [2.05, 4.69) is 15.0 Å². The molecule has 0 aliphatic heterocycles. The van der Waals surface area contributed by atoms with Gasteiger partial charge >= 0.3 is 5.97 Å². The number of non-ortho nitro benzene ring substituents is 1. The number of hydrogen-bond acceptors (Lipinski definition) is 7. The highest BCUT2D eigenvalue weighted by Crippen LogP contribution is 2.30. The van der Waals surface area contributed by atoms with Crippen LogP contribution in [0.1, 0.15) is 44.1 Å². The minimum atomic E-state index is -0.748. The molecule has 25 heavy (non-hydrogen) atoms. The molecule has 0 saturated carbocycles. The monoisotopic (exact) mass is 361 g/mol. The van der Waals surface area contributed by atoms with E-state index in [1.54, 1.807) is 0 Å². The van der Waals surface area contributed by atoms with Crippen LogP contribution in [0.4, 0.5) is 10.8 Å². The Kier molecular flexibility index (Phi) is 4.75. The Morgan fingerprint density at radius 2 is 1.96 bits per heavy atom. The van der Waals surface area contributed by atoms with Crippen LogP contribution in [0.3, 0.4) is 0 Å². The van der Waals surface area contributed by atoms with E-state index in [0.29, 0.717) is 5.13 Å². The highest BCUT2D eigenvalue weighted by molar-refractivity contribution is 7.15. The lowest BCUT2D eigenvalue weighted by atomic mass is 10.0. The number of aryl methyl sites for hydroxylation is 2. The average molecular weight is 361 g/mol. The summed E-state index contributed by atoms with van der Waals surface area (Å²) in [7, 11) is 1.17. The molecule has 1 aliphatic rings. The first-order valence-corrected chi connectivity index (χ1v) is 8.47. The molecular formula is C16H15N3O5S. The van der Waals surface area contributed by atoms with Crippen molar-refractivity contribution in [2.24, 2.45) is 0 Å². The van der Waals surface area contributed by atoms with Crippen LogP contribution in [0, 0.1) is 10.1 Å². The number of methoxy groups -OCH3 is 1. The van der Waals surface area contributed by atoms with Crippen molar-refractivity contribution in [3.63, 3.8) is 0 Å². The average Bonchev–Trinajstić information content (AvgIpc) is 3.02. The Bertz CT molecular complexity index is 838. The second-order valence-electron chi connectivity index (χ2n) is 5.57. The number of thiazole rings is 1. The number of amides is 1. The number of anilines is 1. The van der Waals surface area contributed by atoms with E-state index in [4.69, 9.17) is 0 Å². The molecule has 0 atom stereocenters. The van der Waals surface area contributed by atoms with Crippen LogP contribution < -0.4 is 5.32 Å². The zero-order chi connectivity index (χ0) is 18.0. The molecule has 8 nitrogen and oxygen atoms in total. The molecule has 9 heteroatoms. The molecule has 1 aromatic heterocycles. The molecular weight excluding hydrogens is 346 g/mol. The molecule has 130 valence electrons. The first-order valence-electron chi connectivity index (χ1n) is 7.65. The summed E-state index contributed by atoms with van der Waals surface area (Å²) < 4.78 is 4.58. The van der Waals surface area contributed by atoms with Gasteiger partial charge in [0.1, 0.15) is 0 Å². The summed E-state index contributed by atoms with van der Waals surface area (Å²) in [5.41, 5.74) is 0.593. The van der Waals surface area contributed by atoms with Crippen LogP contribution in [-0.2, 0) is 17.6 Å². The number of nitro groups is 1. The standard InChI is InChI=1S/C16H15N3O5S/c1-24-15(21)10-6-9(7-11(8-10)19(22)23)14(20)18-16-17-12-4-2-3-5-13(12)25-16/h6-8H,2-5H2,1H3,(H,17,18,20). The third-order valence-corrected chi connectivity index (χ3v) is 4.95. The number of hydrogen-bond donors (Lipinski definition) is 1. The number of rotatable bonds is 4. The Balaban J connectivity index is 1.88. The van der Waals surface area contributed by atoms with Crippen LogP contribution in [0.2, 0.25) is 0 Å². The fraction of sp³-hybridized carbons (Fsp3) is 0.312. The van der Waals surface area contributed by atoms with Gasteiger partial charge in [-0.1, -0.05) is 0 Å². The normalized spacial score (nSPS) is 13.0. The second-order valence-corrected chi connectivity index (χ2v) is 6.65. The number of nitrogens with one attached hydrogen (secondary N) is 1. The molecule has 3 rings (SSSR count). The summed E-state index contributed by atoms with van der Waals surface area (Å²) in [4.78, 5) is 40.1. The topological polar surface area (TPSA) is 111 Å². The number of fused-ring (bicyclic) bond motifs is 1. The van der Waals surface area contributed by atoms with Crippen molar-refractivity contribution in [1.29, 1.82) is 0 Å². The number of esters is 1. The molecule has 0 spiro atoms. The number of carbonyl (C=O) groups excluding carboxylic acids is 2. The minimum absolute atomic E-state index is 0.00257. The Morgan fingerprint density at radius 3 is 2.64 bits per heavy atom. The predicted molar refractivity (Wildman–Crippen MR) is 91.1 cm³/mol. The molecule has 1 aromatic carbocycles. The van der Waals surface area contributed by atoms with Gasteiger partial charge in [0.05, 0.1) is 23.3 Å². The van der Waals surface area contributed by atoms with Gasteiger partial charge in [0.15, 0.2) is 5.13 Å². The summed E-state index contributed by atoms with van der Waals surface area (Å²) in [6, 6.07) is 3.46. The van der Waals surface area contributed by atoms with E-state index in [0.717, 1.165) is 48.4 Å². The van der Waals surface area contributed by atoms with Crippen molar-refractivity contribution in [3.05, 3.63) is 50.0 Å². The predicted octanol–water partition coefficient (Wildman–Crippen LogP) is 2.97. The zero-order valence-corrected chi connectivity index (χ0v) is 14.2. The third kappa shape index (κ3) is 3.66.